The first-order valence-electron chi connectivity index (χ1n) is 11.5. The van der Waals surface area contributed by atoms with E-state index < -0.39 is 10.0 Å². The fourth-order valence-electron chi connectivity index (χ4n) is 4.14. The van der Waals surface area contributed by atoms with Crippen LogP contribution < -0.4 is 10.1 Å². The van der Waals surface area contributed by atoms with Crippen molar-refractivity contribution in [3.05, 3.63) is 58.7 Å². The largest absolute Gasteiger partial charge is 0.496 e. The van der Waals surface area contributed by atoms with Crippen molar-refractivity contribution in [2.45, 2.75) is 63.8 Å². The van der Waals surface area contributed by atoms with Crippen molar-refractivity contribution in [2.75, 3.05) is 20.2 Å². The standard InChI is InChI=1S/C25H34N2O4S/c1-4-19-10-11-20(5-2)21(16-19)18-26-25(28)23-17-22(12-13-24(23)31-3)32(29,30)27-14-8-6-7-9-15-27/h10-13,16-17H,4-9,14-15,18H2,1-3H3,(H,26,28). The van der Waals surface area contributed by atoms with Gasteiger partial charge in [0, 0.05) is 19.6 Å². The van der Waals surface area contributed by atoms with Gasteiger partial charge in [0.05, 0.1) is 17.6 Å². The van der Waals surface area contributed by atoms with E-state index in [1.54, 1.807) is 6.07 Å². The smallest absolute Gasteiger partial charge is 0.255 e. The Kier molecular flexibility index (Phi) is 8.32. The number of rotatable bonds is 8. The zero-order chi connectivity index (χ0) is 23.1. The molecule has 7 heteroatoms. The van der Waals surface area contributed by atoms with Gasteiger partial charge in [-0.25, -0.2) is 8.42 Å². The first-order valence-corrected chi connectivity index (χ1v) is 12.9. The number of ether oxygens (including phenoxy) is 1. The molecule has 6 nitrogen and oxygen atoms in total. The van der Waals surface area contributed by atoms with Gasteiger partial charge in [-0.2, -0.15) is 4.31 Å². The van der Waals surface area contributed by atoms with Gasteiger partial charge < -0.3 is 10.1 Å². The molecule has 1 saturated heterocycles. The molecule has 174 valence electrons. The van der Waals surface area contributed by atoms with Crippen molar-refractivity contribution in [2.24, 2.45) is 0 Å². The Labute approximate surface area is 192 Å². The maximum absolute atomic E-state index is 13.2. The third-order valence-electron chi connectivity index (χ3n) is 6.12. The van der Waals surface area contributed by atoms with Crippen molar-refractivity contribution >= 4 is 15.9 Å². The molecular weight excluding hydrogens is 424 g/mol. The number of methoxy groups -OCH3 is 1. The zero-order valence-electron chi connectivity index (χ0n) is 19.3. The molecule has 0 bridgehead atoms. The second-order valence-corrected chi connectivity index (χ2v) is 10.1. The number of nitrogens with zero attached hydrogens (tertiary/aromatic N) is 1. The summed E-state index contributed by atoms with van der Waals surface area (Å²) < 4.78 is 33.3. The molecule has 0 atom stereocenters. The normalized spacial score (nSPS) is 15.2. The lowest BCUT2D eigenvalue weighted by molar-refractivity contribution is 0.0947. The van der Waals surface area contributed by atoms with Crippen LogP contribution in [-0.2, 0) is 29.4 Å². The number of hydrogen-bond donors (Lipinski definition) is 1. The monoisotopic (exact) mass is 458 g/mol. The number of hydrogen-bond acceptors (Lipinski definition) is 4. The summed E-state index contributed by atoms with van der Waals surface area (Å²) in [5.41, 5.74) is 3.71. The van der Waals surface area contributed by atoms with Crippen molar-refractivity contribution in [1.82, 2.24) is 9.62 Å². The van der Waals surface area contributed by atoms with Crippen molar-refractivity contribution < 1.29 is 17.9 Å². The molecule has 1 N–H and O–H groups in total. The van der Waals surface area contributed by atoms with Crippen LogP contribution >= 0.6 is 0 Å². The van der Waals surface area contributed by atoms with E-state index >= 15 is 0 Å². The number of amides is 1. The predicted molar refractivity (Wildman–Crippen MR) is 127 cm³/mol. The summed E-state index contributed by atoms with van der Waals surface area (Å²) in [7, 11) is -2.17. The van der Waals surface area contributed by atoms with Crippen LogP contribution in [0.25, 0.3) is 0 Å². The highest BCUT2D eigenvalue weighted by atomic mass is 32.2. The molecular formula is C25H34N2O4S. The van der Waals surface area contributed by atoms with Crippen LogP contribution in [0.2, 0.25) is 0 Å². The van der Waals surface area contributed by atoms with E-state index in [9.17, 15) is 13.2 Å². The van der Waals surface area contributed by atoms with Gasteiger partial charge in [0.15, 0.2) is 0 Å². The Hall–Kier alpha value is -2.38. The molecule has 2 aromatic rings. The number of carbonyl (C=O) groups excluding carboxylic acids is 1. The van der Waals surface area contributed by atoms with Gasteiger partial charge in [-0.15, -0.1) is 0 Å². The average Bonchev–Trinajstić information content (AvgIpc) is 3.12. The molecule has 0 aliphatic carbocycles. The van der Waals surface area contributed by atoms with Crippen LogP contribution in [0, 0.1) is 0 Å². The van der Waals surface area contributed by atoms with Crippen LogP contribution in [0.3, 0.4) is 0 Å². The number of benzene rings is 2. The Balaban J connectivity index is 1.85. The van der Waals surface area contributed by atoms with E-state index in [4.69, 9.17) is 4.74 Å². The fraction of sp³-hybridized carbons (Fsp3) is 0.480. The van der Waals surface area contributed by atoms with Gasteiger partial charge in [0.1, 0.15) is 5.75 Å². The molecule has 1 heterocycles. The summed E-state index contributed by atoms with van der Waals surface area (Å²) in [6.07, 6.45) is 5.61. The number of sulfonamides is 1. The number of nitrogens with one attached hydrogen (secondary N) is 1. The lowest BCUT2D eigenvalue weighted by Crippen LogP contribution is -2.32. The van der Waals surface area contributed by atoms with Gasteiger partial charge in [0.2, 0.25) is 10.0 Å². The lowest BCUT2D eigenvalue weighted by Gasteiger charge is -2.21. The van der Waals surface area contributed by atoms with Gasteiger partial charge in [-0.3, -0.25) is 4.79 Å². The van der Waals surface area contributed by atoms with Crippen LogP contribution in [0.1, 0.15) is 66.6 Å². The number of aryl methyl sites for hydroxylation is 2. The Morgan fingerprint density at radius 3 is 2.31 bits per heavy atom. The fourth-order valence-corrected chi connectivity index (χ4v) is 5.68. The molecule has 0 spiro atoms. The predicted octanol–water partition coefficient (Wildman–Crippen LogP) is 4.31. The zero-order valence-corrected chi connectivity index (χ0v) is 20.1. The van der Waals surface area contributed by atoms with E-state index in [0.29, 0.717) is 25.4 Å². The molecule has 1 fully saturated rings. The maximum Gasteiger partial charge on any atom is 0.255 e. The quantitative estimate of drug-likeness (QED) is 0.639. The van der Waals surface area contributed by atoms with E-state index in [1.165, 1.54) is 34.7 Å². The van der Waals surface area contributed by atoms with Crippen LogP contribution in [0.15, 0.2) is 41.3 Å². The highest BCUT2D eigenvalue weighted by Gasteiger charge is 2.27. The summed E-state index contributed by atoms with van der Waals surface area (Å²) in [4.78, 5) is 13.2. The molecule has 1 aliphatic rings. The first-order chi connectivity index (χ1) is 15.4. The number of carbonyl (C=O) groups is 1. The molecule has 0 saturated carbocycles. The second kappa shape index (κ2) is 11.0. The maximum atomic E-state index is 13.2. The summed E-state index contributed by atoms with van der Waals surface area (Å²) in [5.74, 6) is 0.00839. The minimum atomic E-state index is -3.66. The molecule has 32 heavy (non-hydrogen) atoms. The summed E-state index contributed by atoms with van der Waals surface area (Å²) in [6.45, 7) is 5.60. The minimum Gasteiger partial charge on any atom is -0.496 e. The van der Waals surface area contributed by atoms with Gasteiger partial charge in [-0.05, 0) is 60.6 Å². The Bertz CT molecular complexity index is 1040. The van der Waals surface area contributed by atoms with E-state index in [0.717, 1.165) is 44.1 Å². The summed E-state index contributed by atoms with van der Waals surface area (Å²) in [5, 5.41) is 2.96. The van der Waals surface area contributed by atoms with Crippen molar-refractivity contribution in [3.63, 3.8) is 0 Å². The van der Waals surface area contributed by atoms with E-state index in [2.05, 4.69) is 37.4 Å². The van der Waals surface area contributed by atoms with Crippen molar-refractivity contribution in [3.8, 4) is 5.75 Å². The lowest BCUT2D eigenvalue weighted by atomic mass is 10.0. The Morgan fingerprint density at radius 1 is 0.969 bits per heavy atom. The molecule has 0 aromatic heterocycles. The SMILES string of the molecule is CCc1ccc(CC)c(CNC(=O)c2cc(S(=O)(=O)N3CCCCCC3)ccc2OC)c1. The summed E-state index contributed by atoms with van der Waals surface area (Å²) >= 11 is 0. The molecule has 1 aliphatic heterocycles. The summed E-state index contributed by atoms with van der Waals surface area (Å²) in [6, 6.07) is 10.9. The van der Waals surface area contributed by atoms with Crippen LogP contribution in [0.4, 0.5) is 0 Å². The van der Waals surface area contributed by atoms with Crippen molar-refractivity contribution in [1.29, 1.82) is 0 Å². The third-order valence-corrected chi connectivity index (χ3v) is 8.01. The van der Waals surface area contributed by atoms with E-state index in [1.807, 2.05) is 0 Å². The molecule has 1 amide bonds. The molecule has 2 aromatic carbocycles. The van der Waals surface area contributed by atoms with Gasteiger partial charge in [0.25, 0.3) is 5.91 Å². The highest BCUT2D eigenvalue weighted by molar-refractivity contribution is 7.89. The Morgan fingerprint density at radius 2 is 1.69 bits per heavy atom. The minimum absolute atomic E-state index is 0.132. The van der Waals surface area contributed by atoms with Crippen LogP contribution in [-0.4, -0.2) is 38.8 Å². The highest BCUT2D eigenvalue weighted by Crippen LogP contribution is 2.26. The third kappa shape index (κ3) is 5.51. The second-order valence-electron chi connectivity index (χ2n) is 8.17. The van der Waals surface area contributed by atoms with Gasteiger partial charge >= 0.3 is 0 Å². The molecule has 0 radical (unpaired) electrons. The first kappa shape index (κ1) is 24.3. The van der Waals surface area contributed by atoms with E-state index in [-0.39, 0.29) is 16.4 Å². The molecule has 0 unspecified atom stereocenters. The average molecular weight is 459 g/mol. The van der Waals surface area contributed by atoms with Gasteiger partial charge in [-0.1, -0.05) is 44.9 Å². The molecule has 3 rings (SSSR count). The van der Waals surface area contributed by atoms with Crippen LogP contribution in [0.5, 0.6) is 5.75 Å². The topological polar surface area (TPSA) is 75.7 Å².